The zero-order chi connectivity index (χ0) is 18.5. The molecule has 0 saturated heterocycles. The molecule has 0 aliphatic rings. The summed E-state index contributed by atoms with van der Waals surface area (Å²) in [6.45, 7) is 2.19. The van der Waals surface area contributed by atoms with Crippen LogP contribution in [-0.2, 0) is 6.54 Å². The van der Waals surface area contributed by atoms with Crippen molar-refractivity contribution in [3.8, 4) is 0 Å². The summed E-state index contributed by atoms with van der Waals surface area (Å²) in [6, 6.07) is 13.6. The van der Waals surface area contributed by atoms with Gasteiger partial charge in [0, 0.05) is 6.54 Å². The van der Waals surface area contributed by atoms with Gasteiger partial charge in [0.25, 0.3) is 5.91 Å². The fourth-order valence-corrected chi connectivity index (χ4v) is 3.03. The highest BCUT2D eigenvalue weighted by Crippen LogP contribution is 2.28. The number of furan rings is 1. The molecule has 1 heterocycles. The molecule has 3 nitrogen and oxygen atoms in total. The molecule has 0 N–H and O–H groups in total. The molecule has 1 amide bonds. The van der Waals surface area contributed by atoms with Crippen molar-refractivity contribution < 1.29 is 18.0 Å². The monoisotopic (exact) mass is 355 g/mol. The molecule has 134 valence electrons. The van der Waals surface area contributed by atoms with Crippen molar-refractivity contribution in [1.29, 1.82) is 0 Å². The Hall–Kier alpha value is -2.95. The van der Waals surface area contributed by atoms with E-state index in [0.717, 1.165) is 5.56 Å². The highest BCUT2D eigenvalue weighted by atomic mass is 19.1. The van der Waals surface area contributed by atoms with Gasteiger partial charge in [0.1, 0.15) is 17.9 Å². The van der Waals surface area contributed by atoms with Crippen LogP contribution in [0.1, 0.15) is 40.9 Å². The van der Waals surface area contributed by atoms with Gasteiger partial charge in [0.15, 0.2) is 0 Å². The number of nitrogens with zero attached hydrogens (tertiary/aromatic N) is 1. The third-order valence-corrected chi connectivity index (χ3v) is 4.29. The van der Waals surface area contributed by atoms with Gasteiger partial charge in [0.05, 0.1) is 17.9 Å². The van der Waals surface area contributed by atoms with Gasteiger partial charge in [0.2, 0.25) is 0 Å². The van der Waals surface area contributed by atoms with Crippen molar-refractivity contribution >= 4 is 5.91 Å². The van der Waals surface area contributed by atoms with E-state index in [0.29, 0.717) is 17.5 Å². The van der Waals surface area contributed by atoms with E-state index >= 15 is 0 Å². The fourth-order valence-electron chi connectivity index (χ4n) is 3.03. The molecule has 1 aromatic heterocycles. The van der Waals surface area contributed by atoms with E-state index in [4.69, 9.17) is 4.42 Å². The number of carbonyl (C=O) groups excluding carboxylic acids is 1. The molecule has 0 radical (unpaired) electrons. The summed E-state index contributed by atoms with van der Waals surface area (Å²) in [4.78, 5) is 14.7. The van der Waals surface area contributed by atoms with E-state index in [1.807, 2.05) is 6.92 Å². The van der Waals surface area contributed by atoms with E-state index in [2.05, 4.69) is 0 Å². The van der Waals surface area contributed by atoms with Crippen molar-refractivity contribution in [2.24, 2.45) is 0 Å². The largest absolute Gasteiger partial charge is 0.472 e. The molecular weight excluding hydrogens is 336 g/mol. The van der Waals surface area contributed by atoms with Crippen molar-refractivity contribution in [3.05, 3.63) is 95.4 Å². The molecule has 0 aliphatic carbocycles. The van der Waals surface area contributed by atoms with Crippen LogP contribution in [0, 0.1) is 11.6 Å². The second-order valence-electron chi connectivity index (χ2n) is 6.05. The van der Waals surface area contributed by atoms with Crippen LogP contribution >= 0.6 is 0 Å². The Kier molecular flexibility index (Phi) is 5.46. The third-order valence-electron chi connectivity index (χ3n) is 4.29. The van der Waals surface area contributed by atoms with Crippen LogP contribution in [0.3, 0.4) is 0 Å². The predicted molar refractivity (Wildman–Crippen MR) is 94.4 cm³/mol. The van der Waals surface area contributed by atoms with E-state index in [9.17, 15) is 13.6 Å². The minimum Gasteiger partial charge on any atom is -0.472 e. The lowest BCUT2D eigenvalue weighted by Crippen LogP contribution is -2.34. The number of amides is 1. The SMILES string of the molecule is CC[C@H](c1ccc(F)cc1)N(Cc1cccc(F)c1)C(=O)c1ccoc1. The topological polar surface area (TPSA) is 33.5 Å². The smallest absolute Gasteiger partial charge is 0.257 e. The van der Waals surface area contributed by atoms with Gasteiger partial charge in [-0.15, -0.1) is 0 Å². The maximum absolute atomic E-state index is 13.6. The van der Waals surface area contributed by atoms with Crippen LogP contribution in [0.5, 0.6) is 0 Å². The maximum Gasteiger partial charge on any atom is 0.257 e. The molecule has 3 aromatic rings. The number of benzene rings is 2. The van der Waals surface area contributed by atoms with Crippen molar-refractivity contribution in [2.45, 2.75) is 25.9 Å². The van der Waals surface area contributed by atoms with Crippen molar-refractivity contribution in [2.75, 3.05) is 0 Å². The summed E-state index contributed by atoms with van der Waals surface area (Å²) in [6.07, 6.45) is 3.45. The Balaban J connectivity index is 1.97. The molecule has 0 fully saturated rings. The molecule has 0 aliphatic heterocycles. The van der Waals surface area contributed by atoms with Gasteiger partial charge in [-0.1, -0.05) is 31.2 Å². The zero-order valence-corrected chi connectivity index (χ0v) is 14.4. The summed E-state index contributed by atoms with van der Waals surface area (Å²) in [5.41, 5.74) is 1.92. The zero-order valence-electron chi connectivity index (χ0n) is 14.4. The van der Waals surface area contributed by atoms with E-state index in [-0.39, 0.29) is 30.1 Å². The second kappa shape index (κ2) is 7.95. The highest BCUT2D eigenvalue weighted by Gasteiger charge is 2.26. The molecule has 26 heavy (non-hydrogen) atoms. The lowest BCUT2D eigenvalue weighted by atomic mass is 10.0. The van der Waals surface area contributed by atoms with Gasteiger partial charge in [-0.05, 0) is 47.9 Å². The van der Waals surface area contributed by atoms with Gasteiger partial charge in [-0.25, -0.2) is 8.78 Å². The Morgan fingerprint density at radius 1 is 1.08 bits per heavy atom. The van der Waals surface area contributed by atoms with Crippen molar-refractivity contribution in [1.82, 2.24) is 4.90 Å². The quantitative estimate of drug-likeness (QED) is 0.597. The van der Waals surface area contributed by atoms with Gasteiger partial charge in [-0.3, -0.25) is 4.79 Å². The normalized spacial score (nSPS) is 12.0. The average molecular weight is 355 g/mol. The summed E-state index contributed by atoms with van der Waals surface area (Å²) in [7, 11) is 0. The van der Waals surface area contributed by atoms with Crippen LogP contribution < -0.4 is 0 Å². The molecule has 0 saturated carbocycles. The van der Waals surface area contributed by atoms with Crippen LogP contribution in [0.15, 0.2) is 71.5 Å². The molecule has 0 spiro atoms. The molecule has 2 aromatic carbocycles. The Labute approximate surface area is 150 Å². The van der Waals surface area contributed by atoms with Crippen LogP contribution in [0.4, 0.5) is 8.78 Å². The summed E-state index contributed by atoms with van der Waals surface area (Å²) in [5, 5.41) is 0. The lowest BCUT2D eigenvalue weighted by molar-refractivity contribution is 0.0651. The maximum atomic E-state index is 13.6. The summed E-state index contributed by atoms with van der Waals surface area (Å²) >= 11 is 0. The van der Waals surface area contributed by atoms with Crippen LogP contribution in [-0.4, -0.2) is 10.8 Å². The summed E-state index contributed by atoms with van der Waals surface area (Å²) < 4.78 is 31.9. The predicted octanol–water partition coefficient (Wildman–Crippen LogP) is 5.35. The van der Waals surface area contributed by atoms with Gasteiger partial charge < -0.3 is 9.32 Å². The Bertz CT molecular complexity index is 860. The van der Waals surface area contributed by atoms with Gasteiger partial charge >= 0.3 is 0 Å². The highest BCUT2D eigenvalue weighted by molar-refractivity contribution is 5.94. The number of hydrogen-bond donors (Lipinski definition) is 0. The Morgan fingerprint density at radius 2 is 1.85 bits per heavy atom. The summed E-state index contributed by atoms with van der Waals surface area (Å²) in [5.74, 6) is -0.909. The second-order valence-corrected chi connectivity index (χ2v) is 6.05. The first kappa shape index (κ1) is 17.9. The number of halogens is 2. The minimum absolute atomic E-state index is 0.223. The van der Waals surface area contributed by atoms with Crippen LogP contribution in [0.25, 0.3) is 0 Å². The fraction of sp³-hybridized carbons (Fsp3) is 0.190. The van der Waals surface area contributed by atoms with E-state index in [1.165, 1.54) is 36.8 Å². The first-order valence-electron chi connectivity index (χ1n) is 8.41. The van der Waals surface area contributed by atoms with Gasteiger partial charge in [-0.2, -0.15) is 0 Å². The third kappa shape index (κ3) is 3.99. The molecule has 0 unspecified atom stereocenters. The minimum atomic E-state index is -0.354. The lowest BCUT2D eigenvalue weighted by Gasteiger charge is -2.31. The van der Waals surface area contributed by atoms with Crippen molar-refractivity contribution in [3.63, 3.8) is 0 Å². The first-order valence-corrected chi connectivity index (χ1v) is 8.41. The number of carbonyl (C=O) groups is 1. The Morgan fingerprint density at radius 3 is 2.46 bits per heavy atom. The molecule has 1 atom stereocenters. The molecular formula is C21H19F2NO2. The average Bonchev–Trinajstić information content (AvgIpc) is 3.17. The molecule has 5 heteroatoms. The standard InChI is InChI=1S/C21H19F2NO2/c1-2-20(16-6-8-18(22)9-7-16)24(21(25)17-10-11-26-14-17)13-15-4-3-5-19(23)12-15/h3-12,14,20H,2,13H2,1H3/t20-/m1/s1. The molecule has 0 bridgehead atoms. The first-order chi connectivity index (χ1) is 12.6. The molecule has 3 rings (SSSR count). The van der Waals surface area contributed by atoms with Crippen LogP contribution in [0.2, 0.25) is 0 Å². The van der Waals surface area contributed by atoms with E-state index < -0.39 is 0 Å². The van der Waals surface area contributed by atoms with E-state index in [1.54, 1.807) is 35.2 Å². The number of rotatable bonds is 6. The number of hydrogen-bond acceptors (Lipinski definition) is 2.